The molecule has 0 aliphatic heterocycles. The molecule has 14 heavy (non-hydrogen) atoms. The number of nitrogens with one attached hydrogen (secondary N) is 1. The van der Waals surface area contributed by atoms with Gasteiger partial charge in [-0.3, -0.25) is 0 Å². The molecule has 1 unspecified atom stereocenters. The summed E-state index contributed by atoms with van der Waals surface area (Å²) >= 11 is 0. The first kappa shape index (κ1) is 11.2. The molecule has 1 aromatic carbocycles. The highest BCUT2D eigenvalue weighted by atomic mass is 16.3. The molecule has 0 aliphatic rings. The summed E-state index contributed by atoms with van der Waals surface area (Å²) < 4.78 is 0. The van der Waals surface area contributed by atoms with Gasteiger partial charge < -0.3 is 10.4 Å². The monoisotopic (exact) mass is 193 g/mol. The van der Waals surface area contributed by atoms with E-state index in [4.69, 9.17) is 0 Å². The first-order valence-corrected chi connectivity index (χ1v) is 5.02. The van der Waals surface area contributed by atoms with Gasteiger partial charge in [0.1, 0.15) is 0 Å². The van der Waals surface area contributed by atoms with Crippen LogP contribution in [-0.4, -0.2) is 24.8 Å². The first-order chi connectivity index (χ1) is 6.63. The molecular formula is C12H19NO. The predicted molar refractivity (Wildman–Crippen MR) is 59.6 cm³/mol. The second kappa shape index (κ2) is 5.13. The van der Waals surface area contributed by atoms with Crippen LogP contribution in [0.25, 0.3) is 0 Å². The second-order valence-corrected chi connectivity index (χ2v) is 3.85. The third-order valence-corrected chi connectivity index (χ3v) is 2.40. The van der Waals surface area contributed by atoms with E-state index in [9.17, 15) is 5.11 Å². The Morgan fingerprint density at radius 1 is 1.36 bits per heavy atom. The molecule has 0 fully saturated rings. The lowest BCUT2D eigenvalue weighted by Gasteiger charge is -2.12. The Bertz CT molecular complexity index is 296. The van der Waals surface area contributed by atoms with Crippen molar-refractivity contribution in [1.29, 1.82) is 0 Å². The molecule has 2 N–H and O–H groups in total. The van der Waals surface area contributed by atoms with Crippen LogP contribution in [0.2, 0.25) is 0 Å². The van der Waals surface area contributed by atoms with Crippen molar-refractivity contribution in [2.75, 3.05) is 13.6 Å². The lowest BCUT2D eigenvalue weighted by atomic mass is 10.0. The van der Waals surface area contributed by atoms with E-state index in [0.717, 1.165) is 6.42 Å². The molecule has 1 atom stereocenters. The van der Waals surface area contributed by atoms with Gasteiger partial charge in [-0.1, -0.05) is 23.8 Å². The minimum atomic E-state index is -0.291. The van der Waals surface area contributed by atoms with Crippen LogP contribution in [0.3, 0.4) is 0 Å². The highest BCUT2D eigenvalue weighted by Gasteiger charge is 2.06. The third kappa shape index (κ3) is 3.13. The zero-order valence-electron chi connectivity index (χ0n) is 9.17. The highest BCUT2D eigenvalue weighted by Crippen LogP contribution is 2.12. The molecule has 1 rings (SSSR count). The minimum absolute atomic E-state index is 0.291. The summed E-state index contributed by atoms with van der Waals surface area (Å²) in [5.41, 5.74) is 3.75. The van der Waals surface area contributed by atoms with Gasteiger partial charge in [-0.05, 0) is 38.4 Å². The minimum Gasteiger partial charge on any atom is -0.391 e. The second-order valence-electron chi connectivity index (χ2n) is 3.85. The Balaban J connectivity index is 2.70. The van der Waals surface area contributed by atoms with Gasteiger partial charge in [0.15, 0.2) is 0 Å². The maximum atomic E-state index is 9.66. The fourth-order valence-electron chi connectivity index (χ4n) is 1.58. The Morgan fingerprint density at radius 3 is 2.71 bits per heavy atom. The van der Waals surface area contributed by atoms with Crippen LogP contribution in [0.4, 0.5) is 0 Å². The fourth-order valence-corrected chi connectivity index (χ4v) is 1.58. The average molecular weight is 193 g/mol. The molecule has 2 nitrogen and oxygen atoms in total. The van der Waals surface area contributed by atoms with Gasteiger partial charge in [-0.25, -0.2) is 0 Å². The van der Waals surface area contributed by atoms with Gasteiger partial charge >= 0.3 is 0 Å². The molecule has 2 heteroatoms. The standard InChI is InChI=1S/C12H19NO/c1-9-4-5-10(2)11(6-9)7-12(14)8-13-3/h4-6,12-14H,7-8H2,1-3H3. The summed E-state index contributed by atoms with van der Waals surface area (Å²) in [6.45, 7) is 4.81. The summed E-state index contributed by atoms with van der Waals surface area (Å²) in [5.74, 6) is 0. The molecular weight excluding hydrogens is 174 g/mol. The van der Waals surface area contributed by atoms with E-state index in [1.54, 1.807) is 0 Å². The van der Waals surface area contributed by atoms with Crippen molar-refractivity contribution in [3.8, 4) is 0 Å². The summed E-state index contributed by atoms with van der Waals surface area (Å²) in [7, 11) is 1.85. The lowest BCUT2D eigenvalue weighted by Crippen LogP contribution is -2.25. The largest absolute Gasteiger partial charge is 0.391 e. The zero-order chi connectivity index (χ0) is 10.6. The highest BCUT2D eigenvalue weighted by molar-refractivity contribution is 5.30. The van der Waals surface area contributed by atoms with Crippen molar-refractivity contribution in [3.05, 3.63) is 34.9 Å². The molecule has 0 aromatic heterocycles. The van der Waals surface area contributed by atoms with Gasteiger partial charge in [0.05, 0.1) is 6.10 Å². The number of likely N-dealkylation sites (N-methyl/N-ethyl adjacent to an activating group) is 1. The van der Waals surface area contributed by atoms with Crippen molar-refractivity contribution < 1.29 is 5.11 Å². The van der Waals surface area contributed by atoms with E-state index in [0.29, 0.717) is 6.54 Å². The molecule has 0 saturated heterocycles. The van der Waals surface area contributed by atoms with Gasteiger partial charge in [-0.2, -0.15) is 0 Å². The SMILES string of the molecule is CNCC(O)Cc1cc(C)ccc1C. The van der Waals surface area contributed by atoms with Crippen molar-refractivity contribution in [1.82, 2.24) is 5.32 Å². The Kier molecular flexibility index (Phi) is 4.11. The van der Waals surface area contributed by atoms with Crippen molar-refractivity contribution >= 4 is 0 Å². The number of hydrogen-bond acceptors (Lipinski definition) is 2. The van der Waals surface area contributed by atoms with Crippen LogP contribution in [0, 0.1) is 13.8 Å². The van der Waals surface area contributed by atoms with E-state index in [1.807, 2.05) is 7.05 Å². The van der Waals surface area contributed by atoms with Crippen LogP contribution in [0.1, 0.15) is 16.7 Å². The number of benzene rings is 1. The van der Waals surface area contributed by atoms with E-state index >= 15 is 0 Å². The van der Waals surface area contributed by atoms with Crippen molar-refractivity contribution in [3.63, 3.8) is 0 Å². The van der Waals surface area contributed by atoms with Crippen LogP contribution in [0.5, 0.6) is 0 Å². The van der Waals surface area contributed by atoms with Gasteiger partial charge in [-0.15, -0.1) is 0 Å². The van der Waals surface area contributed by atoms with E-state index in [1.165, 1.54) is 16.7 Å². The predicted octanol–water partition coefficient (Wildman–Crippen LogP) is 1.43. The van der Waals surface area contributed by atoms with E-state index in [2.05, 4.69) is 37.4 Å². The summed E-state index contributed by atoms with van der Waals surface area (Å²) in [5, 5.41) is 12.6. The molecule has 0 heterocycles. The number of rotatable bonds is 4. The summed E-state index contributed by atoms with van der Waals surface area (Å²) in [4.78, 5) is 0. The zero-order valence-corrected chi connectivity index (χ0v) is 9.17. The average Bonchev–Trinajstić information content (AvgIpc) is 2.12. The van der Waals surface area contributed by atoms with Gasteiger partial charge in [0.2, 0.25) is 0 Å². The smallest absolute Gasteiger partial charge is 0.0704 e. The normalized spacial score (nSPS) is 12.9. The quantitative estimate of drug-likeness (QED) is 0.758. The lowest BCUT2D eigenvalue weighted by molar-refractivity contribution is 0.174. The fraction of sp³-hybridized carbons (Fsp3) is 0.500. The van der Waals surface area contributed by atoms with E-state index < -0.39 is 0 Å². The Morgan fingerprint density at radius 2 is 2.07 bits per heavy atom. The molecule has 78 valence electrons. The maximum Gasteiger partial charge on any atom is 0.0704 e. The topological polar surface area (TPSA) is 32.3 Å². The Hall–Kier alpha value is -0.860. The molecule has 0 saturated carbocycles. The van der Waals surface area contributed by atoms with E-state index in [-0.39, 0.29) is 6.10 Å². The summed E-state index contributed by atoms with van der Waals surface area (Å²) in [6, 6.07) is 6.36. The van der Waals surface area contributed by atoms with Crippen LogP contribution in [0.15, 0.2) is 18.2 Å². The molecule has 0 bridgehead atoms. The molecule has 0 spiro atoms. The number of hydrogen-bond donors (Lipinski definition) is 2. The van der Waals surface area contributed by atoms with Crippen molar-refractivity contribution in [2.24, 2.45) is 0 Å². The third-order valence-electron chi connectivity index (χ3n) is 2.40. The van der Waals surface area contributed by atoms with Crippen molar-refractivity contribution in [2.45, 2.75) is 26.4 Å². The molecule has 0 amide bonds. The number of aryl methyl sites for hydroxylation is 2. The number of aliphatic hydroxyl groups is 1. The molecule has 0 radical (unpaired) electrons. The van der Waals surface area contributed by atoms with Crippen LogP contribution < -0.4 is 5.32 Å². The van der Waals surface area contributed by atoms with Gasteiger partial charge in [0.25, 0.3) is 0 Å². The van der Waals surface area contributed by atoms with Crippen LogP contribution >= 0.6 is 0 Å². The van der Waals surface area contributed by atoms with Gasteiger partial charge in [0, 0.05) is 6.54 Å². The Labute approximate surface area is 86.0 Å². The number of aliphatic hydroxyl groups excluding tert-OH is 1. The molecule has 1 aromatic rings. The maximum absolute atomic E-state index is 9.66. The van der Waals surface area contributed by atoms with Crippen LogP contribution in [-0.2, 0) is 6.42 Å². The summed E-state index contributed by atoms with van der Waals surface area (Å²) in [6.07, 6.45) is 0.439. The molecule has 0 aliphatic carbocycles. The first-order valence-electron chi connectivity index (χ1n) is 5.02.